The number of likely N-dealkylation sites (N-methyl/N-ethyl adjacent to an activating group) is 2. The quantitative estimate of drug-likeness (QED) is 0.877. The molecule has 1 aliphatic heterocycles. The fourth-order valence-electron chi connectivity index (χ4n) is 2.80. The van der Waals surface area contributed by atoms with Gasteiger partial charge in [-0.25, -0.2) is 9.97 Å². The number of hydrogen-bond acceptors (Lipinski definition) is 5. The molecule has 0 aliphatic carbocycles. The maximum Gasteiger partial charge on any atom is 0.134 e. The van der Waals surface area contributed by atoms with Gasteiger partial charge in [0.1, 0.15) is 17.5 Å². The fourth-order valence-corrected chi connectivity index (χ4v) is 2.80. The number of nitrogens with one attached hydrogen (secondary N) is 1. The van der Waals surface area contributed by atoms with Crippen molar-refractivity contribution in [2.75, 3.05) is 43.9 Å². The first-order chi connectivity index (χ1) is 9.13. The van der Waals surface area contributed by atoms with E-state index in [1.54, 1.807) is 0 Å². The lowest BCUT2D eigenvalue weighted by Gasteiger charge is -2.28. The molecule has 0 bridgehead atoms. The third kappa shape index (κ3) is 3.35. The summed E-state index contributed by atoms with van der Waals surface area (Å²) in [6, 6.07) is 2.67. The summed E-state index contributed by atoms with van der Waals surface area (Å²) >= 11 is 0. The highest BCUT2D eigenvalue weighted by molar-refractivity contribution is 5.48. The molecule has 1 saturated heterocycles. The monoisotopic (exact) mass is 263 g/mol. The van der Waals surface area contributed by atoms with Gasteiger partial charge in [0.25, 0.3) is 0 Å². The molecule has 1 N–H and O–H groups in total. The van der Waals surface area contributed by atoms with Crippen molar-refractivity contribution in [2.45, 2.75) is 32.7 Å². The molecule has 1 aliphatic rings. The molecule has 2 heterocycles. The van der Waals surface area contributed by atoms with Crippen molar-refractivity contribution in [3.63, 3.8) is 0 Å². The summed E-state index contributed by atoms with van der Waals surface area (Å²) in [5.74, 6) is 2.69. The molecular weight excluding hydrogens is 238 g/mol. The molecule has 106 valence electrons. The van der Waals surface area contributed by atoms with Crippen LogP contribution in [0.3, 0.4) is 0 Å². The zero-order valence-electron chi connectivity index (χ0n) is 12.5. The highest BCUT2D eigenvalue weighted by atomic mass is 15.2. The first-order valence-electron chi connectivity index (χ1n) is 7.12. The number of aromatic nitrogens is 2. The first-order valence-corrected chi connectivity index (χ1v) is 7.12. The van der Waals surface area contributed by atoms with Gasteiger partial charge in [-0.1, -0.05) is 6.92 Å². The molecule has 5 heteroatoms. The first kappa shape index (κ1) is 14.1. The second-order valence-corrected chi connectivity index (χ2v) is 5.21. The van der Waals surface area contributed by atoms with E-state index in [-0.39, 0.29) is 0 Å². The molecule has 0 spiro atoms. The van der Waals surface area contributed by atoms with E-state index in [4.69, 9.17) is 0 Å². The predicted molar refractivity (Wildman–Crippen MR) is 79.9 cm³/mol. The normalized spacial score (nSPS) is 19.7. The Morgan fingerprint density at radius 3 is 2.95 bits per heavy atom. The van der Waals surface area contributed by atoms with Crippen LogP contribution < -0.4 is 10.2 Å². The Balaban J connectivity index is 2.06. The minimum atomic E-state index is 0.656. The predicted octanol–water partition coefficient (Wildman–Crippen LogP) is 1.75. The summed E-state index contributed by atoms with van der Waals surface area (Å²) < 4.78 is 0. The van der Waals surface area contributed by atoms with E-state index in [0.717, 1.165) is 30.5 Å². The molecule has 1 atom stereocenters. The van der Waals surface area contributed by atoms with Gasteiger partial charge < -0.3 is 10.2 Å². The van der Waals surface area contributed by atoms with Crippen LogP contribution in [0.4, 0.5) is 11.6 Å². The van der Waals surface area contributed by atoms with E-state index in [0.29, 0.717) is 6.04 Å². The summed E-state index contributed by atoms with van der Waals surface area (Å²) in [7, 11) is 4.01. The van der Waals surface area contributed by atoms with Gasteiger partial charge in [0.15, 0.2) is 0 Å². The molecule has 5 nitrogen and oxygen atoms in total. The molecule has 19 heavy (non-hydrogen) atoms. The van der Waals surface area contributed by atoms with Crippen LogP contribution in [0.25, 0.3) is 0 Å². The summed E-state index contributed by atoms with van der Waals surface area (Å²) in [6.45, 7) is 7.59. The molecule has 2 rings (SSSR count). The average molecular weight is 263 g/mol. The highest BCUT2D eigenvalue weighted by Crippen LogP contribution is 2.20. The Kier molecular flexibility index (Phi) is 4.58. The van der Waals surface area contributed by atoms with Crippen molar-refractivity contribution in [1.29, 1.82) is 0 Å². The average Bonchev–Trinajstić information content (AvgIpc) is 2.85. The number of rotatable bonds is 5. The molecule has 0 radical (unpaired) electrons. The van der Waals surface area contributed by atoms with Gasteiger partial charge in [0.2, 0.25) is 0 Å². The second-order valence-electron chi connectivity index (χ2n) is 5.21. The molecule has 1 unspecified atom stereocenters. The number of nitrogens with zero attached hydrogens (tertiary/aromatic N) is 4. The van der Waals surface area contributed by atoms with Crippen molar-refractivity contribution < 1.29 is 0 Å². The highest BCUT2D eigenvalue weighted by Gasteiger charge is 2.24. The van der Waals surface area contributed by atoms with Crippen LogP contribution >= 0.6 is 0 Å². The fraction of sp³-hybridized carbons (Fsp3) is 0.714. The van der Waals surface area contributed by atoms with Crippen LogP contribution in [-0.2, 0) is 0 Å². The SMILES string of the molecule is CCN1CCCC1CN(C)c1cc(NC)nc(C)n1. The molecular formula is C14H25N5. The Morgan fingerprint density at radius 2 is 2.26 bits per heavy atom. The molecule has 1 fully saturated rings. The van der Waals surface area contributed by atoms with Crippen LogP contribution in [0.1, 0.15) is 25.6 Å². The largest absolute Gasteiger partial charge is 0.373 e. The number of hydrogen-bond donors (Lipinski definition) is 1. The van der Waals surface area contributed by atoms with E-state index < -0.39 is 0 Å². The molecule has 0 amide bonds. The van der Waals surface area contributed by atoms with Gasteiger partial charge in [-0.2, -0.15) is 0 Å². The lowest BCUT2D eigenvalue weighted by Crippen LogP contribution is -2.39. The van der Waals surface area contributed by atoms with Crippen molar-refractivity contribution in [2.24, 2.45) is 0 Å². The zero-order valence-corrected chi connectivity index (χ0v) is 12.5. The lowest BCUT2D eigenvalue weighted by molar-refractivity contribution is 0.270. The maximum atomic E-state index is 4.53. The van der Waals surface area contributed by atoms with Crippen LogP contribution in [0.5, 0.6) is 0 Å². The Labute approximate surface area is 116 Å². The molecule has 0 saturated carbocycles. The van der Waals surface area contributed by atoms with Crippen molar-refractivity contribution in [3.05, 3.63) is 11.9 Å². The summed E-state index contributed by atoms with van der Waals surface area (Å²) in [4.78, 5) is 13.7. The summed E-state index contributed by atoms with van der Waals surface area (Å²) in [6.07, 6.45) is 2.61. The van der Waals surface area contributed by atoms with Crippen LogP contribution in [0.2, 0.25) is 0 Å². The van der Waals surface area contributed by atoms with Gasteiger partial charge in [-0.3, -0.25) is 4.90 Å². The number of likely N-dealkylation sites (tertiary alicyclic amines) is 1. The minimum absolute atomic E-state index is 0.656. The maximum absolute atomic E-state index is 4.53. The molecule has 0 aromatic carbocycles. The van der Waals surface area contributed by atoms with Crippen LogP contribution in [-0.4, -0.2) is 54.6 Å². The minimum Gasteiger partial charge on any atom is -0.373 e. The van der Waals surface area contributed by atoms with Crippen molar-refractivity contribution in [1.82, 2.24) is 14.9 Å². The van der Waals surface area contributed by atoms with E-state index in [9.17, 15) is 0 Å². The van der Waals surface area contributed by atoms with Crippen molar-refractivity contribution >= 4 is 11.6 Å². The Morgan fingerprint density at radius 1 is 1.47 bits per heavy atom. The van der Waals surface area contributed by atoms with Crippen LogP contribution in [0.15, 0.2) is 6.07 Å². The number of anilines is 2. The van der Waals surface area contributed by atoms with Gasteiger partial charge in [-0.15, -0.1) is 0 Å². The summed E-state index contributed by atoms with van der Waals surface area (Å²) in [5.41, 5.74) is 0. The lowest BCUT2D eigenvalue weighted by atomic mass is 10.2. The number of aryl methyl sites for hydroxylation is 1. The van der Waals surface area contributed by atoms with Gasteiger partial charge in [0, 0.05) is 32.7 Å². The third-order valence-corrected chi connectivity index (χ3v) is 3.86. The summed E-state index contributed by atoms with van der Waals surface area (Å²) in [5, 5.41) is 3.09. The van der Waals surface area contributed by atoms with Crippen LogP contribution in [0, 0.1) is 6.92 Å². The topological polar surface area (TPSA) is 44.3 Å². The van der Waals surface area contributed by atoms with Gasteiger partial charge in [0.05, 0.1) is 0 Å². The van der Waals surface area contributed by atoms with Gasteiger partial charge in [-0.05, 0) is 32.9 Å². The Bertz CT molecular complexity index is 420. The van der Waals surface area contributed by atoms with E-state index in [1.807, 2.05) is 20.0 Å². The molecule has 1 aromatic heterocycles. The second kappa shape index (κ2) is 6.19. The van der Waals surface area contributed by atoms with Crippen molar-refractivity contribution in [3.8, 4) is 0 Å². The van der Waals surface area contributed by atoms with E-state index in [2.05, 4.69) is 39.1 Å². The smallest absolute Gasteiger partial charge is 0.134 e. The standard InChI is InChI=1S/C14H25N5/c1-5-19-8-6-7-12(19)10-18(4)14-9-13(15-3)16-11(2)17-14/h9,12H,5-8,10H2,1-4H3,(H,15,16,17). The Hall–Kier alpha value is -1.36. The van der Waals surface area contributed by atoms with E-state index in [1.165, 1.54) is 19.4 Å². The molecule has 1 aromatic rings. The zero-order chi connectivity index (χ0) is 13.8. The van der Waals surface area contributed by atoms with Gasteiger partial charge >= 0.3 is 0 Å². The third-order valence-electron chi connectivity index (χ3n) is 3.86. The van der Waals surface area contributed by atoms with E-state index >= 15 is 0 Å².